The fourth-order valence-corrected chi connectivity index (χ4v) is 4.12. The largest absolute Gasteiger partial charge is 0.370 e. The van der Waals surface area contributed by atoms with Gasteiger partial charge in [0.25, 0.3) is 5.69 Å². The topological polar surface area (TPSA) is 88.0 Å². The minimum Gasteiger partial charge on any atom is -0.370 e. The van der Waals surface area contributed by atoms with Crippen LogP contribution >= 0.6 is 0 Å². The average Bonchev–Trinajstić information content (AvgIpc) is 3.12. The Kier molecular flexibility index (Phi) is 4.70. The lowest BCUT2D eigenvalue weighted by atomic mass is 10.0. The molecule has 0 bridgehead atoms. The Morgan fingerprint density at radius 3 is 2.68 bits per heavy atom. The van der Waals surface area contributed by atoms with Crippen LogP contribution < -0.4 is 4.90 Å². The minimum absolute atomic E-state index is 0.0485. The summed E-state index contributed by atoms with van der Waals surface area (Å²) in [4.78, 5) is 17.4. The molecule has 1 aliphatic heterocycles. The van der Waals surface area contributed by atoms with Crippen molar-refractivity contribution in [3.8, 4) is 6.07 Å². The molecule has 0 atom stereocenters. The number of nitro groups is 1. The Hall–Kier alpha value is -3.40. The van der Waals surface area contributed by atoms with Gasteiger partial charge in [0.2, 0.25) is 0 Å². The normalized spacial score (nSPS) is 14.9. The Balaban J connectivity index is 1.58. The first-order valence-electron chi connectivity index (χ1n) is 9.51. The van der Waals surface area contributed by atoms with E-state index >= 15 is 0 Å². The number of imidazole rings is 1. The van der Waals surface area contributed by atoms with Crippen LogP contribution in [0.3, 0.4) is 0 Å². The summed E-state index contributed by atoms with van der Waals surface area (Å²) in [6, 6.07) is 15.2. The van der Waals surface area contributed by atoms with Crippen LogP contribution in [0.2, 0.25) is 0 Å². The van der Waals surface area contributed by atoms with Gasteiger partial charge in [0.1, 0.15) is 11.9 Å². The maximum absolute atomic E-state index is 11.0. The summed E-state index contributed by atoms with van der Waals surface area (Å²) in [5.41, 5.74) is 3.29. The number of nitro benzene ring substituents is 1. The highest BCUT2D eigenvalue weighted by Gasteiger charge is 2.25. The summed E-state index contributed by atoms with van der Waals surface area (Å²) >= 11 is 0. The van der Waals surface area contributed by atoms with Crippen molar-refractivity contribution in [2.75, 3.05) is 18.0 Å². The number of nitrogens with zero attached hydrogens (tertiary/aromatic N) is 5. The van der Waals surface area contributed by atoms with Gasteiger partial charge in [-0.3, -0.25) is 10.1 Å². The van der Waals surface area contributed by atoms with E-state index in [0.717, 1.165) is 49.4 Å². The molecule has 7 nitrogen and oxygen atoms in total. The predicted molar refractivity (Wildman–Crippen MR) is 107 cm³/mol. The van der Waals surface area contributed by atoms with Crippen LogP contribution in [-0.2, 0) is 6.42 Å². The van der Waals surface area contributed by atoms with Crippen LogP contribution in [0.5, 0.6) is 0 Å². The van der Waals surface area contributed by atoms with Crippen molar-refractivity contribution >= 4 is 22.4 Å². The molecule has 142 valence electrons. The van der Waals surface area contributed by atoms with E-state index < -0.39 is 4.92 Å². The van der Waals surface area contributed by atoms with Gasteiger partial charge >= 0.3 is 0 Å². The number of anilines is 1. The molecule has 28 heavy (non-hydrogen) atoms. The van der Waals surface area contributed by atoms with E-state index in [-0.39, 0.29) is 5.69 Å². The molecule has 1 fully saturated rings. The quantitative estimate of drug-likeness (QED) is 0.503. The number of para-hydroxylation sites is 2. The second-order valence-corrected chi connectivity index (χ2v) is 7.03. The summed E-state index contributed by atoms with van der Waals surface area (Å²) in [6.45, 7) is 3.72. The van der Waals surface area contributed by atoms with E-state index in [1.807, 2.05) is 12.1 Å². The second kappa shape index (κ2) is 7.31. The molecule has 0 N–H and O–H groups in total. The number of hydrogen-bond donors (Lipinski definition) is 0. The van der Waals surface area contributed by atoms with Gasteiger partial charge in [0.15, 0.2) is 0 Å². The van der Waals surface area contributed by atoms with E-state index in [1.54, 1.807) is 6.07 Å². The number of piperidine rings is 1. The lowest BCUT2D eigenvalue weighted by Gasteiger charge is -2.35. The first kappa shape index (κ1) is 18.0. The molecular formula is C21H21N5O2. The average molecular weight is 375 g/mol. The van der Waals surface area contributed by atoms with Gasteiger partial charge in [-0.15, -0.1) is 0 Å². The van der Waals surface area contributed by atoms with Crippen molar-refractivity contribution in [2.24, 2.45) is 0 Å². The molecule has 2 heterocycles. The van der Waals surface area contributed by atoms with E-state index in [4.69, 9.17) is 4.98 Å². The number of aryl methyl sites for hydroxylation is 1. The molecule has 3 aromatic rings. The maximum Gasteiger partial charge on any atom is 0.270 e. The number of non-ortho nitro benzene ring substituents is 1. The number of rotatable bonds is 4. The van der Waals surface area contributed by atoms with E-state index in [2.05, 4.69) is 34.6 Å². The summed E-state index contributed by atoms with van der Waals surface area (Å²) < 4.78 is 2.37. The van der Waals surface area contributed by atoms with Gasteiger partial charge in [0, 0.05) is 37.7 Å². The zero-order chi connectivity index (χ0) is 19.7. The van der Waals surface area contributed by atoms with Gasteiger partial charge in [-0.25, -0.2) is 4.98 Å². The number of aromatic nitrogens is 2. The third kappa shape index (κ3) is 3.07. The third-order valence-electron chi connectivity index (χ3n) is 5.47. The molecule has 1 aliphatic rings. The first-order chi connectivity index (χ1) is 13.6. The SMILES string of the molecule is CCc1nc2ccccc2n1C1CCN(c2ccc([N+](=O)[O-])cc2C#N)CC1. The minimum atomic E-state index is -0.465. The van der Waals surface area contributed by atoms with Crippen molar-refractivity contribution in [1.82, 2.24) is 9.55 Å². The van der Waals surface area contributed by atoms with Gasteiger partial charge < -0.3 is 9.47 Å². The van der Waals surface area contributed by atoms with Crippen LogP contribution in [-0.4, -0.2) is 27.6 Å². The van der Waals surface area contributed by atoms with Crippen LogP contribution in [0.25, 0.3) is 11.0 Å². The van der Waals surface area contributed by atoms with Crippen LogP contribution in [0, 0.1) is 21.4 Å². The molecule has 1 saturated heterocycles. The van der Waals surface area contributed by atoms with E-state index in [0.29, 0.717) is 11.6 Å². The first-order valence-corrected chi connectivity index (χ1v) is 9.51. The van der Waals surface area contributed by atoms with Crippen molar-refractivity contribution in [1.29, 1.82) is 5.26 Å². The number of hydrogen-bond acceptors (Lipinski definition) is 5. The molecule has 0 radical (unpaired) electrons. The van der Waals surface area contributed by atoms with Crippen LogP contribution in [0.15, 0.2) is 42.5 Å². The zero-order valence-corrected chi connectivity index (χ0v) is 15.7. The highest BCUT2D eigenvalue weighted by molar-refractivity contribution is 5.76. The monoisotopic (exact) mass is 375 g/mol. The Labute approximate surface area is 163 Å². The fraction of sp³-hybridized carbons (Fsp3) is 0.333. The number of fused-ring (bicyclic) bond motifs is 1. The molecular weight excluding hydrogens is 354 g/mol. The van der Waals surface area contributed by atoms with E-state index in [1.165, 1.54) is 17.6 Å². The molecule has 0 amide bonds. The van der Waals surface area contributed by atoms with Crippen LogP contribution in [0.4, 0.5) is 11.4 Å². The summed E-state index contributed by atoms with van der Waals surface area (Å²) in [6.07, 6.45) is 2.76. The van der Waals surface area contributed by atoms with Gasteiger partial charge in [-0.1, -0.05) is 19.1 Å². The standard InChI is InChI=1S/C21H21N5O2/c1-2-21-23-18-5-3-4-6-20(18)25(21)16-9-11-24(12-10-16)19-8-7-17(26(27)28)13-15(19)14-22/h3-8,13,16H,2,9-12H2,1H3. The fourth-order valence-electron chi connectivity index (χ4n) is 4.12. The van der Waals surface area contributed by atoms with Crippen LogP contribution in [0.1, 0.15) is 37.2 Å². The maximum atomic E-state index is 11.0. The van der Waals surface area contributed by atoms with Crippen molar-refractivity contribution in [2.45, 2.75) is 32.2 Å². The van der Waals surface area contributed by atoms with Crippen molar-refractivity contribution in [3.05, 3.63) is 64.0 Å². The Morgan fingerprint density at radius 2 is 2.00 bits per heavy atom. The molecule has 0 aliphatic carbocycles. The van der Waals surface area contributed by atoms with Gasteiger partial charge in [0.05, 0.1) is 27.2 Å². The number of nitriles is 1. The molecule has 4 rings (SSSR count). The molecule has 0 saturated carbocycles. The molecule has 7 heteroatoms. The summed E-state index contributed by atoms with van der Waals surface area (Å²) in [7, 11) is 0. The number of benzene rings is 2. The Morgan fingerprint density at radius 1 is 1.25 bits per heavy atom. The second-order valence-electron chi connectivity index (χ2n) is 7.03. The summed E-state index contributed by atoms with van der Waals surface area (Å²) in [5, 5.41) is 20.4. The molecule has 0 spiro atoms. The smallest absolute Gasteiger partial charge is 0.270 e. The van der Waals surface area contributed by atoms with Crippen molar-refractivity contribution < 1.29 is 4.92 Å². The zero-order valence-electron chi connectivity index (χ0n) is 15.7. The molecule has 0 unspecified atom stereocenters. The molecule has 2 aromatic carbocycles. The lowest BCUT2D eigenvalue weighted by Crippen LogP contribution is -2.35. The Bertz CT molecular complexity index is 1070. The van der Waals surface area contributed by atoms with Crippen molar-refractivity contribution in [3.63, 3.8) is 0 Å². The predicted octanol–water partition coefficient (Wildman–Crippen LogP) is 4.22. The highest BCUT2D eigenvalue weighted by Crippen LogP contribution is 2.33. The highest BCUT2D eigenvalue weighted by atomic mass is 16.6. The molecule has 1 aromatic heterocycles. The lowest BCUT2D eigenvalue weighted by molar-refractivity contribution is -0.384. The van der Waals surface area contributed by atoms with Gasteiger partial charge in [-0.05, 0) is 31.0 Å². The van der Waals surface area contributed by atoms with Gasteiger partial charge in [-0.2, -0.15) is 5.26 Å². The summed E-state index contributed by atoms with van der Waals surface area (Å²) in [5.74, 6) is 1.10. The van der Waals surface area contributed by atoms with E-state index in [9.17, 15) is 15.4 Å². The third-order valence-corrected chi connectivity index (χ3v) is 5.47.